The van der Waals surface area contributed by atoms with Crippen LogP contribution in [0.1, 0.15) is 0 Å². The summed E-state index contributed by atoms with van der Waals surface area (Å²) in [4.78, 5) is 9.89. The summed E-state index contributed by atoms with van der Waals surface area (Å²) < 4.78 is 3.86. The number of fused-ring (bicyclic) bond motifs is 1. The number of aromatic hydroxyl groups is 1. The average molecular weight is 197 g/mol. The third-order valence-corrected chi connectivity index (χ3v) is 2.30. The Morgan fingerprint density at radius 2 is 2.31 bits per heavy atom. The van der Waals surface area contributed by atoms with E-state index in [9.17, 15) is 15.2 Å². The zero-order chi connectivity index (χ0) is 9.42. The molecule has 6 nitrogen and oxygen atoms in total. The van der Waals surface area contributed by atoms with Crippen LogP contribution in [0.3, 0.4) is 0 Å². The number of nitro groups is 1. The second-order valence-corrected chi connectivity index (χ2v) is 3.07. The molecular formula is C6H3N3O3S. The van der Waals surface area contributed by atoms with Crippen LogP contribution in [0.5, 0.6) is 5.75 Å². The molecule has 2 rings (SSSR count). The summed E-state index contributed by atoms with van der Waals surface area (Å²) in [5, 5.41) is 23.4. The van der Waals surface area contributed by atoms with E-state index in [0.29, 0.717) is 10.2 Å². The molecule has 1 heterocycles. The van der Waals surface area contributed by atoms with Crippen LogP contribution in [0.25, 0.3) is 10.2 Å². The van der Waals surface area contributed by atoms with Gasteiger partial charge in [0.05, 0.1) is 4.92 Å². The van der Waals surface area contributed by atoms with Gasteiger partial charge < -0.3 is 5.11 Å². The summed E-state index contributed by atoms with van der Waals surface area (Å²) >= 11 is 0.894. The number of hydrogen-bond acceptors (Lipinski definition) is 6. The van der Waals surface area contributed by atoms with Crippen molar-refractivity contribution in [3.8, 4) is 5.75 Å². The van der Waals surface area contributed by atoms with Crippen molar-refractivity contribution in [2.24, 2.45) is 0 Å². The molecule has 13 heavy (non-hydrogen) atoms. The Balaban J connectivity index is 2.88. The summed E-state index contributed by atoms with van der Waals surface area (Å²) in [6, 6.07) is 2.73. The minimum Gasteiger partial charge on any atom is -0.502 e. The molecule has 0 aliphatic carbocycles. The van der Waals surface area contributed by atoms with Crippen LogP contribution in [0.15, 0.2) is 12.1 Å². The highest BCUT2D eigenvalue weighted by molar-refractivity contribution is 7.13. The first-order chi connectivity index (χ1) is 6.20. The van der Waals surface area contributed by atoms with Gasteiger partial charge >= 0.3 is 5.69 Å². The van der Waals surface area contributed by atoms with Crippen LogP contribution in [0.2, 0.25) is 0 Å². The van der Waals surface area contributed by atoms with Crippen LogP contribution in [0.4, 0.5) is 5.69 Å². The minimum absolute atomic E-state index is 0.296. The van der Waals surface area contributed by atoms with Gasteiger partial charge in [0, 0.05) is 0 Å². The van der Waals surface area contributed by atoms with Gasteiger partial charge in [-0.15, -0.1) is 5.10 Å². The second kappa shape index (κ2) is 2.63. The SMILES string of the molecule is O=[N+]([O-])c1c(O)ccc2nnsc12. The Morgan fingerprint density at radius 3 is 3.00 bits per heavy atom. The summed E-state index contributed by atoms with van der Waals surface area (Å²) in [5.41, 5.74) is 0.0991. The molecule has 0 aliphatic rings. The minimum atomic E-state index is -0.641. The third-order valence-electron chi connectivity index (χ3n) is 1.55. The lowest BCUT2D eigenvalue weighted by Gasteiger charge is -1.94. The smallest absolute Gasteiger partial charge is 0.331 e. The Hall–Kier alpha value is -1.76. The third kappa shape index (κ3) is 1.09. The molecule has 1 aromatic heterocycles. The summed E-state index contributed by atoms with van der Waals surface area (Å²) in [7, 11) is 0. The highest BCUT2D eigenvalue weighted by Crippen LogP contribution is 2.34. The molecule has 7 heteroatoms. The highest BCUT2D eigenvalue weighted by atomic mass is 32.1. The van der Waals surface area contributed by atoms with Gasteiger partial charge in [0.25, 0.3) is 0 Å². The number of phenolic OH excluding ortho intramolecular Hbond substituents is 1. The number of rotatable bonds is 1. The summed E-state index contributed by atoms with van der Waals surface area (Å²) in [6.07, 6.45) is 0. The summed E-state index contributed by atoms with van der Waals surface area (Å²) in [6.45, 7) is 0. The molecule has 0 radical (unpaired) electrons. The van der Waals surface area contributed by atoms with Gasteiger partial charge in [0.1, 0.15) is 5.52 Å². The van der Waals surface area contributed by atoms with E-state index in [1.54, 1.807) is 0 Å². The van der Waals surface area contributed by atoms with Gasteiger partial charge in [-0.2, -0.15) is 0 Å². The van der Waals surface area contributed by atoms with Gasteiger partial charge in [-0.3, -0.25) is 10.1 Å². The van der Waals surface area contributed by atoms with Crippen LogP contribution < -0.4 is 0 Å². The lowest BCUT2D eigenvalue weighted by atomic mass is 10.3. The van der Waals surface area contributed by atoms with Gasteiger partial charge in [0.15, 0.2) is 10.4 Å². The van der Waals surface area contributed by atoms with Gasteiger partial charge in [-0.25, -0.2) is 0 Å². The molecule has 0 aliphatic heterocycles. The van der Waals surface area contributed by atoms with Gasteiger partial charge in [0.2, 0.25) is 0 Å². The quantitative estimate of drug-likeness (QED) is 0.549. The van der Waals surface area contributed by atoms with Crippen molar-refractivity contribution >= 4 is 27.4 Å². The Kier molecular flexibility index (Phi) is 1.59. The Bertz CT molecular complexity index is 481. The monoisotopic (exact) mass is 197 g/mol. The molecule has 1 N–H and O–H groups in total. The zero-order valence-corrected chi connectivity index (χ0v) is 6.98. The average Bonchev–Trinajstić information content (AvgIpc) is 2.50. The molecule has 1 aromatic carbocycles. The van der Waals surface area contributed by atoms with E-state index in [1.807, 2.05) is 0 Å². The fraction of sp³-hybridized carbons (Fsp3) is 0. The van der Waals surface area contributed by atoms with Crippen molar-refractivity contribution in [2.45, 2.75) is 0 Å². The number of phenols is 1. The van der Waals surface area contributed by atoms with Crippen LogP contribution in [0, 0.1) is 10.1 Å². The number of benzene rings is 1. The van der Waals surface area contributed by atoms with Crippen molar-refractivity contribution in [3.05, 3.63) is 22.2 Å². The van der Waals surface area contributed by atoms with Crippen LogP contribution >= 0.6 is 11.5 Å². The molecule has 0 atom stereocenters. The maximum absolute atomic E-state index is 10.5. The molecule has 0 saturated carbocycles. The van der Waals surface area contributed by atoms with Crippen molar-refractivity contribution in [1.29, 1.82) is 0 Å². The van der Waals surface area contributed by atoms with Crippen molar-refractivity contribution < 1.29 is 10.0 Å². The Morgan fingerprint density at radius 1 is 1.54 bits per heavy atom. The predicted molar refractivity (Wildman–Crippen MR) is 45.7 cm³/mol. The second-order valence-electron chi connectivity index (χ2n) is 2.31. The van der Waals surface area contributed by atoms with Crippen LogP contribution in [-0.4, -0.2) is 19.6 Å². The first-order valence-electron chi connectivity index (χ1n) is 3.28. The topological polar surface area (TPSA) is 89.2 Å². The molecule has 0 bridgehead atoms. The number of nitro benzene ring substituents is 1. The normalized spacial score (nSPS) is 10.5. The first kappa shape index (κ1) is 7.87. The molecule has 2 aromatic rings. The van der Waals surface area contributed by atoms with Crippen LogP contribution in [-0.2, 0) is 0 Å². The van der Waals surface area contributed by atoms with Gasteiger partial charge in [-0.05, 0) is 23.7 Å². The molecule has 0 saturated heterocycles. The maximum atomic E-state index is 10.5. The number of hydrogen-bond donors (Lipinski definition) is 1. The largest absolute Gasteiger partial charge is 0.502 e. The molecular weight excluding hydrogens is 194 g/mol. The van der Waals surface area contributed by atoms with Gasteiger partial charge in [-0.1, -0.05) is 4.49 Å². The van der Waals surface area contributed by atoms with E-state index in [1.165, 1.54) is 12.1 Å². The lowest BCUT2D eigenvalue weighted by Crippen LogP contribution is -1.88. The van der Waals surface area contributed by atoms with Crippen molar-refractivity contribution in [1.82, 2.24) is 9.59 Å². The standard InChI is InChI=1S/C6H3N3O3S/c10-4-2-1-3-6(13-8-7-3)5(4)9(11)12/h1-2,10H. The fourth-order valence-electron chi connectivity index (χ4n) is 1.00. The lowest BCUT2D eigenvalue weighted by molar-refractivity contribution is -0.383. The fourth-order valence-corrected chi connectivity index (χ4v) is 1.68. The first-order valence-corrected chi connectivity index (χ1v) is 4.06. The van der Waals surface area contributed by atoms with E-state index >= 15 is 0 Å². The van der Waals surface area contributed by atoms with E-state index in [-0.39, 0.29) is 11.4 Å². The van der Waals surface area contributed by atoms with E-state index < -0.39 is 4.92 Å². The highest BCUT2D eigenvalue weighted by Gasteiger charge is 2.20. The van der Waals surface area contributed by atoms with Crippen molar-refractivity contribution in [3.63, 3.8) is 0 Å². The predicted octanol–water partition coefficient (Wildman–Crippen LogP) is 1.31. The van der Waals surface area contributed by atoms with E-state index in [4.69, 9.17) is 0 Å². The maximum Gasteiger partial charge on any atom is 0.331 e. The molecule has 0 fully saturated rings. The Labute approximate surface area is 75.7 Å². The molecule has 0 unspecified atom stereocenters. The summed E-state index contributed by atoms with van der Waals surface area (Å²) in [5.74, 6) is -0.358. The molecule has 66 valence electrons. The zero-order valence-electron chi connectivity index (χ0n) is 6.17. The van der Waals surface area contributed by atoms with E-state index in [0.717, 1.165) is 11.5 Å². The van der Waals surface area contributed by atoms with E-state index in [2.05, 4.69) is 9.59 Å². The molecule has 0 spiro atoms. The van der Waals surface area contributed by atoms with Crippen molar-refractivity contribution in [2.75, 3.05) is 0 Å². The molecule has 0 amide bonds. The number of aromatic nitrogens is 2. The number of nitrogens with zero attached hydrogens (tertiary/aromatic N) is 3.